The van der Waals surface area contributed by atoms with E-state index in [0.717, 1.165) is 26.8 Å². The number of hydrogen-bond acceptors (Lipinski definition) is 5. The minimum absolute atomic E-state index is 0.644. The number of rotatable bonds is 4. The lowest BCUT2D eigenvalue weighted by atomic mass is 10.2. The predicted molar refractivity (Wildman–Crippen MR) is 77.9 cm³/mol. The van der Waals surface area contributed by atoms with Crippen LogP contribution in [0.15, 0.2) is 17.2 Å². The van der Waals surface area contributed by atoms with E-state index >= 15 is 0 Å². The number of ether oxygens (including phenoxy) is 1. The Balaban J connectivity index is 2.45. The van der Waals surface area contributed by atoms with Gasteiger partial charge in [-0.25, -0.2) is 4.98 Å². The first kappa shape index (κ1) is 12.8. The number of hydrogen-bond donors (Lipinski definition) is 1. The fourth-order valence-electron chi connectivity index (χ4n) is 1.59. The summed E-state index contributed by atoms with van der Waals surface area (Å²) in [6, 6.07) is 4.03. The highest BCUT2D eigenvalue weighted by Gasteiger charge is 2.11. The molecular formula is C13H17N3OS. The average molecular weight is 263 g/mol. The summed E-state index contributed by atoms with van der Waals surface area (Å²) in [5, 5.41) is 4.96. The van der Waals surface area contributed by atoms with Gasteiger partial charge in [-0.3, -0.25) is 5.43 Å². The molecule has 0 atom stereocenters. The molecule has 2 rings (SSSR count). The van der Waals surface area contributed by atoms with Crippen LogP contribution >= 0.6 is 11.3 Å². The van der Waals surface area contributed by atoms with Gasteiger partial charge < -0.3 is 4.74 Å². The molecule has 0 unspecified atom stereocenters. The maximum Gasteiger partial charge on any atom is 0.204 e. The smallest absolute Gasteiger partial charge is 0.204 e. The second kappa shape index (κ2) is 5.35. The van der Waals surface area contributed by atoms with E-state index in [-0.39, 0.29) is 0 Å². The molecule has 0 spiro atoms. The quantitative estimate of drug-likeness (QED) is 0.674. The number of aromatic nitrogens is 1. The fraction of sp³-hybridized carbons (Fsp3) is 0.385. The number of thiazole rings is 1. The maximum absolute atomic E-state index is 5.59. The lowest BCUT2D eigenvalue weighted by molar-refractivity contribution is 0.343. The number of aryl methyl sites for hydroxylation is 1. The molecule has 4 nitrogen and oxygen atoms in total. The zero-order valence-corrected chi connectivity index (χ0v) is 11.9. The van der Waals surface area contributed by atoms with Crippen molar-refractivity contribution in [2.75, 3.05) is 12.0 Å². The van der Waals surface area contributed by atoms with Gasteiger partial charge in [0.2, 0.25) is 5.13 Å². The van der Waals surface area contributed by atoms with Crippen LogP contribution in [-0.4, -0.2) is 17.3 Å². The molecule has 1 aromatic carbocycles. The number of nitrogens with zero attached hydrogens (tertiary/aromatic N) is 2. The predicted octanol–water partition coefficient (Wildman–Crippen LogP) is 3.81. The van der Waals surface area contributed by atoms with Crippen LogP contribution in [0.2, 0.25) is 0 Å². The SMILES string of the molecule is CCOc1ccc(C)c2sc(NN=C(C)C)nc12. The lowest BCUT2D eigenvalue weighted by Crippen LogP contribution is -1.93. The first-order valence-electron chi connectivity index (χ1n) is 5.91. The van der Waals surface area contributed by atoms with Gasteiger partial charge in [-0.1, -0.05) is 17.4 Å². The monoisotopic (exact) mass is 263 g/mol. The summed E-state index contributed by atoms with van der Waals surface area (Å²) in [5.41, 5.74) is 6.05. The number of benzene rings is 1. The van der Waals surface area contributed by atoms with Gasteiger partial charge in [0.05, 0.1) is 11.3 Å². The number of anilines is 1. The Kier molecular flexibility index (Phi) is 3.81. The summed E-state index contributed by atoms with van der Waals surface area (Å²) in [6.45, 7) is 8.58. The Hall–Kier alpha value is -1.62. The van der Waals surface area contributed by atoms with Crippen LogP contribution in [0.25, 0.3) is 10.2 Å². The Morgan fingerprint density at radius 2 is 2.22 bits per heavy atom. The maximum atomic E-state index is 5.59. The van der Waals surface area contributed by atoms with E-state index in [2.05, 4.69) is 28.5 Å². The molecule has 0 aliphatic rings. The van der Waals surface area contributed by atoms with E-state index in [1.807, 2.05) is 26.8 Å². The van der Waals surface area contributed by atoms with Crippen molar-refractivity contribution in [1.29, 1.82) is 0 Å². The summed E-state index contributed by atoms with van der Waals surface area (Å²) in [5.74, 6) is 0.833. The van der Waals surface area contributed by atoms with Gasteiger partial charge in [0.1, 0.15) is 11.3 Å². The summed E-state index contributed by atoms with van der Waals surface area (Å²) in [6.07, 6.45) is 0. The largest absolute Gasteiger partial charge is 0.492 e. The van der Waals surface area contributed by atoms with Gasteiger partial charge in [0, 0.05) is 5.71 Å². The van der Waals surface area contributed by atoms with E-state index in [9.17, 15) is 0 Å². The van der Waals surface area contributed by atoms with Crippen LogP contribution < -0.4 is 10.2 Å². The summed E-state index contributed by atoms with van der Waals surface area (Å²) >= 11 is 1.60. The second-order valence-electron chi connectivity index (χ2n) is 4.18. The van der Waals surface area contributed by atoms with Gasteiger partial charge in [-0.2, -0.15) is 5.10 Å². The van der Waals surface area contributed by atoms with Crippen LogP contribution in [-0.2, 0) is 0 Å². The van der Waals surface area contributed by atoms with Crippen molar-refractivity contribution >= 4 is 32.4 Å². The van der Waals surface area contributed by atoms with Crippen molar-refractivity contribution < 1.29 is 4.74 Å². The molecule has 1 heterocycles. The number of nitrogens with one attached hydrogen (secondary N) is 1. The summed E-state index contributed by atoms with van der Waals surface area (Å²) in [4.78, 5) is 4.54. The Morgan fingerprint density at radius 1 is 1.44 bits per heavy atom. The van der Waals surface area contributed by atoms with Crippen LogP contribution in [0.5, 0.6) is 5.75 Å². The van der Waals surface area contributed by atoms with Gasteiger partial charge >= 0.3 is 0 Å². The van der Waals surface area contributed by atoms with E-state index in [1.165, 1.54) is 5.56 Å². The highest BCUT2D eigenvalue weighted by Crippen LogP contribution is 2.34. The van der Waals surface area contributed by atoms with Crippen molar-refractivity contribution in [3.8, 4) is 5.75 Å². The topological polar surface area (TPSA) is 46.5 Å². The second-order valence-corrected chi connectivity index (χ2v) is 5.18. The molecule has 0 saturated carbocycles. The minimum atomic E-state index is 0.644. The van der Waals surface area contributed by atoms with Gasteiger partial charge in [-0.05, 0) is 39.3 Å². The standard InChI is InChI=1S/C13H17N3OS/c1-5-17-10-7-6-9(4)12-11(10)14-13(18-12)16-15-8(2)3/h6-7H,5H2,1-4H3,(H,14,16). The molecule has 0 radical (unpaired) electrons. The van der Waals surface area contributed by atoms with Gasteiger partial charge in [0.15, 0.2) is 0 Å². The van der Waals surface area contributed by atoms with Crippen LogP contribution in [0.1, 0.15) is 26.3 Å². The van der Waals surface area contributed by atoms with Crippen molar-refractivity contribution in [3.05, 3.63) is 17.7 Å². The van der Waals surface area contributed by atoms with Crippen LogP contribution in [0.3, 0.4) is 0 Å². The van der Waals surface area contributed by atoms with E-state index in [4.69, 9.17) is 4.74 Å². The molecule has 1 aromatic heterocycles. The molecule has 1 N–H and O–H groups in total. The third-order valence-corrected chi connectivity index (χ3v) is 3.47. The highest BCUT2D eigenvalue weighted by molar-refractivity contribution is 7.22. The van der Waals surface area contributed by atoms with E-state index in [0.29, 0.717) is 6.61 Å². The summed E-state index contributed by atoms with van der Waals surface area (Å²) < 4.78 is 6.74. The Morgan fingerprint density at radius 3 is 2.89 bits per heavy atom. The lowest BCUT2D eigenvalue weighted by Gasteiger charge is -2.04. The van der Waals surface area contributed by atoms with Crippen LogP contribution in [0.4, 0.5) is 5.13 Å². The van der Waals surface area contributed by atoms with Crippen molar-refractivity contribution in [2.45, 2.75) is 27.7 Å². The van der Waals surface area contributed by atoms with E-state index in [1.54, 1.807) is 11.3 Å². The molecule has 0 aliphatic heterocycles. The number of fused-ring (bicyclic) bond motifs is 1. The Bertz CT molecular complexity index is 585. The Labute approximate surface area is 111 Å². The summed E-state index contributed by atoms with van der Waals surface area (Å²) in [7, 11) is 0. The van der Waals surface area contributed by atoms with Gasteiger partial charge in [0.25, 0.3) is 0 Å². The van der Waals surface area contributed by atoms with Gasteiger partial charge in [-0.15, -0.1) is 0 Å². The third kappa shape index (κ3) is 2.61. The fourth-order valence-corrected chi connectivity index (χ4v) is 2.48. The molecule has 0 bridgehead atoms. The van der Waals surface area contributed by atoms with E-state index < -0.39 is 0 Å². The van der Waals surface area contributed by atoms with Crippen LogP contribution in [0, 0.1) is 6.92 Å². The highest BCUT2D eigenvalue weighted by atomic mass is 32.1. The van der Waals surface area contributed by atoms with Crippen molar-refractivity contribution in [3.63, 3.8) is 0 Å². The molecule has 0 saturated heterocycles. The zero-order chi connectivity index (χ0) is 13.1. The molecule has 5 heteroatoms. The molecule has 0 fully saturated rings. The third-order valence-electron chi connectivity index (χ3n) is 2.38. The molecule has 2 aromatic rings. The zero-order valence-electron chi connectivity index (χ0n) is 11.1. The molecule has 0 aliphatic carbocycles. The average Bonchev–Trinajstić information content (AvgIpc) is 2.75. The molecule has 0 amide bonds. The normalized spacial score (nSPS) is 10.4. The van der Waals surface area contributed by atoms with Crippen molar-refractivity contribution in [1.82, 2.24) is 4.98 Å². The molecule has 96 valence electrons. The minimum Gasteiger partial charge on any atom is -0.492 e. The molecule has 18 heavy (non-hydrogen) atoms. The first-order chi connectivity index (χ1) is 8.61. The first-order valence-corrected chi connectivity index (χ1v) is 6.73. The van der Waals surface area contributed by atoms with Crippen molar-refractivity contribution in [2.24, 2.45) is 5.10 Å². The number of hydrazone groups is 1. The molecular weight excluding hydrogens is 246 g/mol.